The molecule has 0 spiro atoms. The minimum Gasteiger partial charge on any atom is -0.496 e. The molecule has 0 heterocycles. The zero-order valence-corrected chi connectivity index (χ0v) is 9.92. The molecule has 0 fully saturated rings. The number of benzene rings is 1. The van der Waals surface area contributed by atoms with Crippen molar-refractivity contribution in [1.82, 2.24) is 0 Å². The quantitative estimate of drug-likeness (QED) is 0.838. The van der Waals surface area contributed by atoms with Crippen LogP contribution in [0.15, 0.2) is 12.1 Å². The maximum Gasteiger partial charge on any atom is 0.168 e. The van der Waals surface area contributed by atoms with E-state index >= 15 is 0 Å². The molecule has 1 aromatic carbocycles. The van der Waals surface area contributed by atoms with Gasteiger partial charge in [-0.15, -0.1) is 0 Å². The topological polar surface area (TPSA) is 44.5 Å². The van der Waals surface area contributed by atoms with Gasteiger partial charge in [0.15, 0.2) is 11.6 Å². The van der Waals surface area contributed by atoms with E-state index < -0.39 is 5.82 Å². The number of hydrogen-bond acceptors (Lipinski definition) is 3. The van der Waals surface area contributed by atoms with Gasteiger partial charge >= 0.3 is 0 Å². The van der Waals surface area contributed by atoms with Crippen LogP contribution in [-0.4, -0.2) is 19.8 Å². The summed E-state index contributed by atoms with van der Waals surface area (Å²) in [4.78, 5) is 0. The van der Waals surface area contributed by atoms with Crippen LogP contribution >= 0.6 is 0 Å². The Labute approximate surface area is 95.4 Å². The van der Waals surface area contributed by atoms with Crippen LogP contribution in [0.4, 0.5) is 4.39 Å². The molecule has 1 rings (SSSR count). The normalized spacial score (nSPS) is 10.6. The standard InChI is InChI=1S/C12H18FNO2/c1-8(2)16-12-6-9(4-5-14)11(15-3)7-10(12)13/h6-8H,4-5,14H2,1-3H3. The highest BCUT2D eigenvalue weighted by Gasteiger charge is 2.12. The summed E-state index contributed by atoms with van der Waals surface area (Å²) in [6.07, 6.45) is 0.575. The van der Waals surface area contributed by atoms with Crippen molar-refractivity contribution in [2.45, 2.75) is 26.4 Å². The molecule has 0 atom stereocenters. The minimum atomic E-state index is -0.411. The largest absolute Gasteiger partial charge is 0.496 e. The highest BCUT2D eigenvalue weighted by molar-refractivity contribution is 5.41. The maximum atomic E-state index is 13.6. The third-order valence-corrected chi connectivity index (χ3v) is 2.11. The Hall–Kier alpha value is -1.29. The van der Waals surface area contributed by atoms with E-state index in [0.29, 0.717) is 18.7 Å². The van der Waals surface area contributed by atoms with Gasteiger partial charge in [0.05, 0.1) is 13.2 Å². The van der Waals surface area contributed by atoms with E-state index in [1.54, 1.807) is 6.07 Å². The third kappa shape index (κ3) is 3.10. The molecular formula is C12H18FNO2. The van der Waals surface area contributed by atoms with Crippen LogP contribution in [0.2, 0.25) is 0 Å². The lowest BCUT2D eigenvalue weighted by Crippen LogP contribution is -2.09. The Morgan fingerprint density at radius 3 is 2.50 bits per heavy atom. The van der Waals surface area contributed by atoms with Gasteiger partial charge in [-0.3, -0.25) is 0 Å². The Balaban J connectivity index is 3.06. The average molecular weight is 227 g/mol. The molecule has 0 unspecified atom stereocenters. The highest BCUT2D eigenvalue weighted by Crippen LogP contribution is 2.28. The van der Waals surface area contributed by atoms with Crippen molar-refractivity contribution < 1.29 is 13.9 Å². The summed E-state index contributed by atoms with van der Waals surface area (Å²) in [6.45, 7) is 4.20. The first-order valence-electron chi connectivity index (χ1n) is 5.31. The molecule has 0 aromatic heterocycles. The van der Waals surface area contributed by atoms with Crippen LogP contribution in [0, 0.1) is 5.82 Å². The fraction of sp³-hybridized carbons (Fsp3) is 0.500. The second-order valence-corrected chi connectivity index (χ2v) is 3.80. The Bertz CT molecular complexity index is 353. The monoisotopic (exact) mass is 227 g/mol. The molecule has 0 aliphatic heterocycles. The molecule has 0 saturated heterocycles. The predicted octanol–water partition coefficient (Wildman–Crippen LogP) is 2.12. The minimum absolute atomic E-state index is 0.0615. The lowest BCUT2D eigenvalue weighted by atomic mass is 10.1. The van der Waals surface area contributed by atoms with Crippen LogP contribution < -0.4 is 15.2 Å². The summed E-state index contributed by atoms with van der Waals surface area (Å²) >= 11 is 0. The molecule has 4 heteroatoms. The second kappa shape index (κ2) is 5.70. The van der Waals surface area contributed by atoms with Crippen LogP contribution in [-0.2, 0) is 6.42 Å². The molecule has 2 N–H and O–H groups in total. The highest BCUT2D eigenvalue weighted by atomic mass is 19.1. The second-order valence-electron chi connectivity index (χ2n) is 3.80. The Morgan fingerprint density at radius 2 is 2.00 bits per heavy atom. The summed E-state index contributed by atoms with van der Waals surface area (Å²) in [5.41, 5.74) is 6.35. The summed E-state index contributed by atoms with van der Waals surface area (Å²) in [6, 6.07) is 2.99. The van der Waals surface area contributed by atoms with E-state index in [-0.39, 0.29) is 11.9 Å². The van der Waals surface area contributed by atoms with Crippen molar-refractivity contribution >= 4 is 0 Å². The van der Waals surface area contributed by atoms with Gasteiger partial charge in [0.2, 0.25) is 0 Å². The van der Waals surface area contributed by atoms with Crippen LogP contribution in [0.3, 0.4) is 0 Å². The summed E-state index contributed by atoms with van der Waals surface area (Å²) in [5.74, 6) is 0.352. The molecule has 3 nitrogen and oxygen atoms in total. The lowest BCUT2D eigenvalue weighted by Gasteiger charge is -2.14. The zero-order chi connectivity index (χ0) is 12.1. The predicted molar refractivity (Wildman–Crippen MR) is 61.5 cm³/mol. The molecule has 16 heavy (non-hydrogen) atoms. The first kappa shape index (κ1) is 12.8. The van der Waals surface area contributed by atoms with E-state index in [9.17, 15) is 4.39 Å². The smallest absolute Gasteiger partial charge is 0.168 e. The average Bonchev–Trinajstić information content (AvgIpc) is 2.22. The van der Waals surface area contributed by atoms with Crippen molar-refractivity contribution in [2.75, 3.05) is 13.7 Å². The molecule has 0 bridgehead atoms. The molecule has 0 aliphatic rings. The van der Waals surface area contributed by atoms with Crippen molar-refractivity contribution in [3.05, 3.63) is 23.5 Å². The lowest BCUT2D eigenvalue weighted by molar-refractivity contribution is 0.230. The molecule has 0 aliphatic carbocycles. The van der Waals surface area contributed by atoms with Gasteiger partial charge in [-0.25, -0.2) is 4.39 Å². The van der Waals surface area contributed by atoms with Crippen molar-refractivity contribution in [1.29, 1.82) is 0 Å². The number of ether oxygens (including phenoxy) is 2. The van der Waals surface area contributed by atoms with E-state index in [4.69, 9.17) is 15.2 Å². The summed E-state index contributed by atoms with van der Waals surface area (Å²) < 4.78 is 24.0. The van der Waals surface area contributed by atoms with Crippen LogP contribution in [0.1, 0.15) is 19.4 Å². The molecule has 0 amide bonds. The third-order valence-electron chi connectivity index (χ3n) is 2.11. The van der Waals surface area contributed by atoms with E-state index in [1.165, 1.54) is 13.2 Å². The first-order chi connectivity index (χ1) is 7.58. The molecule has 0 radical (unpaired) electrons. The van der Waals surface area contributed by atoms with E-state index in [2.05, 4.69) is 0 Å². The number of nitrogens with two attached hydrogens (primary N) is 1. The van der Waals surface area contributed by atoms with Crippen LogP contribution in [0.25, 0.3) is 0 Å². The van der Waals surface area contributed by atoms with Crippen molar-refractivity contribution in [3.63, 3.8) is 0 Å². The van der Waals surface area contributed by atoms with Gasteiger partial charge < -0.3 is 15.2 Å². The van der Waals surface area contributed by atoms with E-state index in [1.807, 2.05) is 13.8 Å². The Morgan fingerprint density at radius 1 is 1.31 bits per heavy atom. The van der Waals surface area contributed by atoms with Gasteiger partial charge in [0.1, 0.15) is 5.75 Å². The van der Waals surface area contributed by atoms with Gasteiger partial charge in [-0.1, -0.05) is 0 Å². The van der Waals surface area contributed by atoms with Gasteiger partial charge in [0, 0.05) is 6.07 Å². The van der Waals surface area contributed by atoms with Gasteiger partial charge in [-0.05, 0) is 38.4 Å². The number of halogens is 1. The van der Waals surface area contributed by atoms with Crippen LogP contribution in [0.5, 0.6) is 11.5 Å². The molecule has 0 saturated carbocycles. The fourth-order valence-corrected chi connectivity index (χ4v) is 1.46. The van der Waals surface area contributed by atoms with Gasteiger partial charge in [-0.2, -0.15) is 0 Å². The SMILES string of the molecule is COc1cc(F)c(OC(C)C)cc1CCN. The Kier molecular flexibility index (Phi) is 4.55. The molecule has 90 valence electrons. The fourth-order valence-electron chi connectivity index (χ4n) is 1.46. The van der Waals surface area contributed by atoms with Crippen molar-refractivity contribution in [3.8, 4) is 11.5 Å². The zero-order valence-electron chi connectivity index (χ0n) is 9.92. The first-order valence-corrected chi connectivity index (χ1v) is 5.31. The van der Waals surface area contributed by atoms with Crippen molar-refractivity contribution in [2.24, 2.45) is 5.73 Å². The number of methoxy groups -OCH3 is 1. The molecular weight excluding hydrogens is 209 g/mol. The maximum absolute atomic E-state index is 13.6. The van der Waals surface area contributed by atoms with Gasteiger partial charge in [0.25, 0.3) is 0 Å². The summed E-state index contributed by atoms with van der Waals surface area (Å²) in [7, 11) is 1.51. The summed E-state index contributed by atoms with van der Waals surface area (Å²) in [5, 5.41) is 0. The number of hydrogen-bond donors (Lipinski definition) is 1. The number of rotatable bonds is 5. The van der Waals surface area contributed by atoms with E-state index in [0.717, 1.165) is 5.56 Å². The molecule has 1 aromatic rings.